The van der Waals surface area contributed by atoms with Gasteiger partial charge >= 0.3 is 0 Å². The molecule has 0 saturated carbocycles. The molecule has 0 unspecified atom stereocenters. The summed E-state index contributed by atoms with van der Waals surface area (Å²) in [6.07, 6.45) is 0. The number of quaternary nitrogens is 1. The van der Waals surface area contributed by atoms with E-state index in [1.165, 1.54) is 4.90 Å². The van der Waals surface area contributed by atoms with Crippen LogP contribution in [0.2, 0.25) is 0 Å². The lowest BCUT2D eigenvalue weighted by Crippen LogP contribution is -3.18. The summed E-state index contributed by atoms with van der Waals surface area (Å²) < 4.78 is 10.7. The van der Waals surface area contributed by atoms with Crippen molar-refractivity contribution in [1.29, 1.82) is 0 Å². The van der Waals surface area contributed by atoms with Crippen molar-refractivity contribution >= 4 is 11.6 Å². The predicted molar refractivity (Wildman–Crippen MR) is 77.2 cm³/mol. The molecule has 1 atom stereocenters. The maximum Gasteiger partial charge on any atom is 0.282 e. The number of benzene rings is 1. The molecule has 110 valence electrons. The van der Waals surface area contributed by atoms with Crippen molar-refractivity contribution in [3.05, 3.63) is 24.3 Å². The summed E-state index contributed by atoms with van der Waals surface area (Å²) in [7, 11) is 0. The second-order valence-corrected chi connectivity index (χ2v) is 4.94. The van der Waals surface area contributed by atoms with Crippen molar-refractivity contribution in [3.63, 3.8) is 0 Å². The third kappa shape index (κ3) is 3.95. The molecule has 0 spiro atoms. The number of morpholine rings is 1. The Bertz CT molecular complexity index is 427. The van der Waals surface area contributed by atoms with Gasteiger partial charge in [0.1, 0.15) is 18.8 Å². The van der Waals surface area contributed by atoms with E-state index in [2.05, 4.69) is 5.32 Å². The maximum atomic E-state index is 12.2. The Balaban J connectivity index is 1.89. The first-order valence-electron chi connectivity index (χ1n) is 7.16. The standard InChI is InChI=1S/C15H22N2O3/c1-3-20-14-6-4-13(5-7-14)16-15(18)12(2)17-8-10-19-11-9-17/h4-7,12H,3,8-11H2,1-2H3,(H,16,18)/p+1/t12-/m0/s1. The van der Waals surface area contributed by atoms with Crippen LogP contribution in [-0.2, 0) is 9.53 Å². The summed E-state index contributed by atoms with van der Waals surface area (Å²) in [6.45, 7) is 7.79. The van der Waals surface area contributed by atoms with Crippen LogP contribution in [0.25, 0.3) is 0 Å². The summed E-state index contributed by atoms with van der Waals surface area (Å²) in [5.74, 6) is 0.864. The van der Waals surface area contributed by atoms with Gasteiger partial charge in [-0.2, -0.15) is 0 Å². The average Bonchev–Trinajstić information content (AvgIpc) is 2.49. The van der Waals surface area contributed by atoms with E-state index < -0.39 is 0 Å². The lowest BCUT2D eigenvalue weighted by molar-refractivity contribution is -0.921. The Morgan fingerprint density at radius 3 is 2.60 bits per heavy atom. The first-order valence-corrected chi connectivity index (χ1v) is 7.16. The number of hydrogen-bond acceptors (Lipinski definition) is 3. The first kappa shape index (κ1) is 14.8. The molecule has 0 radical (unpaired) electrons. The zero-order valence-corrected chi connectivity index (χ0v) is 12.1. The van der Waals surface area contributed by atoms with E-state index in [-0.39, 0.29) is 11.9 Å². The Hall–Kier alpha value is -1.59. The minimum Gasteiger partial charge on any atom is -0.494 e. The number of carbonyl (C=O) groups excluding carboxylic acids is 1. The molecule has 1 amide bonds. The zero-order chi connectivity index (χ0) is 14.4. The van der Waals surface area contributed by atoms with Gasteiger partial charge in [-0.3, -0.25) is 4.79 Å². The Morgan fingerprint density at radius 1 is 1.35 bits per heavy atom. The highest BCUT2D eigenvalue weighted by Crippen LogP contribution is 2.15. The van der Waals surface area contributed by atoms with Crippen LogP contribution in [0.1, 0.15) is 13.8 Å². The van der Waals surface area contributed by atoms with Crippen LogP contribution in [0, 0.1) is 0 Å². The summed E-state index contributed by atoms with van der Waals surface area (Å²) >= 11 is 0. The molecule has 20 heavy (non-hydrogen) atoms. The van der Waals surface area contributed by atoms with E-state index in [4.69, 9.17) is 9.47 Å². The molecule has 1 aromatic carbocycles. The van der Waals surface area contributed by atoms with E-state index >= 15 is 0 Å². The third-order valence-electron chi connectivity index (χ3n) is 3.57. The van der Waals surface area contributed by atoms with E-state index in [1.54, 1.807) is 0 Å². The smallest absolute Gasteiger partial charge is 0.282 e. The van der Waals surface area contributed by atoms with E-state index in [0.717, 1.165) is 37.7 Å². The normalized spacial score (nSPS) is 17.5. The quantitative estimate of drug-likeness (QED) is 0.816. The number of rotatable bonds is 5. The highest BCUT2D eigenvalue weighted by Gasteiger charge is 2.26. The second-order valence-electron chi connectivity index (χ2n) is 4.94. The molecule has 1 fully saturated rings. The van der Waals surface area contributed by atoms with Crippen molar-refractivity contribution in [3.8, 4) is 5.75 Å². The molecule has 1 aliphatic rings. The van der Waals surface area contributed by atoms with Crippen LogP contribution < -0.4 is 15.0 Å². The van der Waals surface area contributed by atoms with Crippen LogP contribution in [0.4, 0.5) is 5.69 Å². The van der Waals surface area contributed by atoms with E-state index in [9.17, 15) is 4.79 Å². The van der Waals surface area contributed by atoms with Gasteiger partial charge in [-0.1, -0.05) is 0 Å². The second kappa shape index (κ2) is 7.26. The van der Waals surface area contributed by atoms with Crippen LogP contribution in [0.3, 0.4) is 0 Å². The molecule has 0 aromatic heterocycles. The molecule has 0 aliphatic carbocycles. The summed E-state index contributed by atoms with van der Waals surface area (Å²) in [6, 6.07) is 7.40. The molecule has 2 rings (SSSR count). The number of ether oxygens (including phenoxy) is 2. The van der Waals surface area contributed by atoms with E-state index in [0.29, 0.717) is 6.61 Å². The van der Waals surface area contributed by atoms with Crippen LogP contribution >= 0.6 is 0 Å². The molecule has 1 aromatic rings. The lowest BCUT2D eigenvalue weighted by Gasteiger charge is -2.28. The van der Waals surface area contributed by atoms with Gasteiger partial charge in [-0.05, 0) is 38.1 Å². The monoisotopic (exact) mass is 279 g/mol. The van der Waals surface area contributed by atoms with Crippen molar-refractivity contribution < 1.29 is 19.2 Å². The molecule has 1 saturated heterocycles. The third-order valence-corrected chi connectivity index (χ3v) is 3.57. The van der Waals surface area contributed by atoms with Gasteiger partial charge in [-0.15, -0.1) is 0 Å². The molecule has 1 heterocycles. The molecular formula is C15H23N2O3+. The molecule has 5 heteroatoms. The predicted octanol–water partition coefficient (Wildman–Crippen LogP) is 0.327. The van der Waals surface area contributed by atoms with Gasteiger partial charge in [0.05, 0.1) is 19.8 Å². The Morgan fingerprint density at radius 2 is 2.00 bits per heavy atom. The summed E-state index contributed by atoms with van der Waals surface area (Å²) in [5.41, 5.74) is 0.804. The van der Waals surface area contributed by atoms with Crippen LogP contribution in [0.15, 0.2) is 24.3 Å². The highest BCUT2D eigenvalue weighted by atomic mass is 16.5. The first-order chi connectivity index (χ1) is 9.70. The van der Waals surface area contributed by atoms with Crippen LogP contribution in [0.5, 0.6) is 5.75 Å². The number of amides is 1. The molecule has 0 bridgehead atoms. The molecule has 1 aliphatic heterocycles. The van der Waals surface area contributed by atoms with Gasteiger partial charge in [0, 0.05) is 5.69 Å². The topological polar surface area (TPSA) is 52.0 Å². The van der Waals surface area contributed by atoms with Crippen molar-refractivity contribution in [2.24, 2.45) is 0 Å². The van der Waals surface area contributed by atoms with E-state index in [1.807, 2.05) is 38.1 Å². The Labute approximate surface area is 119 Å². The minimum absolute atomic E-state index is 0.0473. The highest BCUT2D eigenvalue weighted by molar-refractivity contribution is 5.93. The van der Waals surface area contributed by atoms with Crippen molar-refractivity contribution in [2.45, 2.75) is 19.9 Å². The molecule has 2 N–H and O–H groups in total. The maximum absolute atomic E-state index is 12.2. The zero-order valence-electron chi connectivity index (χ0n) is 12.1. The fourth-order valence-electron chi connectivity index (χ4n) is 2.30. The largest absolute Gasteiger partial charge is 0.494 e. The fraction of sp³-hybridized carbons (Fsp3) is 0.533. The number of carbonyl (C=O) groups is 1. The minimum atomic E-state index is -0.0644. The van der Waals surface area contributed by atoms with Gasteiger partial charge in [0.25, 0.3) is 5.91 Å². The molecule has 5 nitrogen and oxygen atoms in total. The van der Waals surface area contributed by atoms with Gasteiger partial charge in [0.2, 0.25) is 0 Å². The lowest BCUT2D eigenvalue weighted by atomic mass is 10.2. The van der Waals surface area contributed by atoms with Crippen molar-refractivity contribution in [1.82, 2.24) is 0 Å². The van der Waals surface area contributed by atoms with Crippen LogP contribution in [-0.4, -0.2) is 44.9 Å². The van der Waals surface area contributed by atoms with Crippen molar-refractivity contribution in [2.75, 3.05) is 38.2 Å². The number of nitrogens with one attached hydrogen (secondary N) is 2. The number of hydrogen-bond donors (Lipinski definition) is 2. The number of anilines is 1. The Kier molecular flexibility index (Phi) is 5.38. The average molecular weight is 279 g/mol. The fourth-order valence-corrected chi connectivity index (χ4v) is 2.30. The SMILES string of the molecule is CCOc1ccc(NC(=O)[C@H](C)[NH+]2CCOCC2)cc1. The van der Waals surface area contributed by atoms with Gasteiger partial charge < -0.3 is 19.7 Å². The van der Waals surface area contributed by atoms with Gasteiger partial charge in [0.15, 0.2) is 6.04 Å². The van der Waals surface area contributed by atoms with Gasteiger partial charge in [-0.25, -0.2) is 0 Å². The molecular weight excluding hydrogens is 256 g/mol. The summed E-state index contributed by atoms with van der Waals surface area (Å²) in [5, 5.41) is 2.95. The summed E-state index contributed by atoms with van der Waals surface area (Å²) in [4.78, 5) is 13.5.